The highest BCUT2D eigenvalue weighted by atomic mass is 31.2. The molecule has 1 atom stereocenters. The van der Waals surface area contributed by atoms with E-state index in [1.54, 1.807) is 0 Å². The van der Waals surface area contributed by atoms with Crippen LogP contribution in [0.4, 0.5) is 0 Å². The van der Waals surface area contributed by atoms with E-state index < -0.39 is 7.60 Å². The van der Waals surface area contributed by atoms with Crippen molar-refractivity contribution in [3.63, 3.8) is 0 Å². The Morgan fingerprint density at radius 1 is 1.12 bits per heavy atom. The Bertz CT molecular complexity index is 337. The summed E-state index contributed by atoms with van der Waals surface area (Å²) in [5.41, 5.74) is 0.982. The summed E-state index contributed by atoms with van der Waals surface area (Å²) in [5, 5.41) is 0. The molecule has 0 saturated heterocycles. The Hall–Kier alpha value is -0.630. The van der Waals surface area contributed by atoms with Gasteiger partial charge in [-0.3, -0.25) is 4.57 Å². The van der Waals surface area contributed by atoms with Gasteiger partial charge >= 0.3 is 7.60 Å². The van der Waals surface area contributed by atoms with Gasteiger partial charge in [0.2, 0.25) is 0 Å². The first-order valence-electron chi connectivity index (χ1n) is 5.62. The molecule has 1 aromatic carbocycles. The monoisotopic (exact) mass is 242 g/mol. The van der Waals surface area contributed by atoms with E-state index in [0.29, 0.717) is 19.4 Å². The van der Waals surface area contributed by atoms with Crippen LogP contribution in [0.3, 0.4) is 0 Å². The van der Waals surface area contributed by atoms with Crippen molar-refractivity contribution >= 4 is 7.60 Å². The van der Waals surface area contributed by atoms with Gasteiger partial charge in [-0.25, -0.2) is 0 Å². The van der Waals surface area contributed by atoms with Crippen LogP contribution in [0.25, 0.3) is 0 Å². The van der Waals surface area contributed by atoms with Gasteiger partial charge in [0.25, 0.3) is 0 Å². The summed E-state index contributed by atoms with van der Waals surface area (Å²) in [6, 6.07) is 9.64. The van der Waals surface area contributed by atoms with Gasteiger partial charge in [0.05, 0.1) is 19.4 Å². The molecule has 0 amide bonds. The lowest BCUT2D eigenvalue weighted by atomic mass is 10.2. The topological polar surface area (TPSA) is 35.5 Å². The average Bonchev–Trinajstić information content (AvgIpc) is 2.28. The number of rotatable bonds is 7. The fourth-order valence-corrected chi connectivity index (χ4v) is 3.13. The molecule has 0 aliphatic rings. The molecule has 1 unspecified atom stereocenters. The molecule has 16 heavy (non-hydrogen) atoms. The zero-order valence-electron chi connectivity index (χ0n) is 9.89. The zero-order chi connectivity index (χ0) is 11.9. The summed E-state index contributed by atoms with van der Waals surface area (Å²) in [4.78, 5) is 0. The van der Waals surface area contributed by atoms with Gasteiger partial charge in [-0.15, -0.1) is 0 Å². The van der Waals surface area contributed by atoms with Crippen molar-refractivity contribution in [3.8, 4) is 0 Å². The fraction of sp³-hybridized carbons (Fsp3) is 0.500. The maximum atomic E-state index is 12.3. The van der Waals surface area contributed by atoms with Crippen LogP contribution in [0.15, 0.2) is 30.3 Å². The molecule has 1 aromatic rings. The van der Waals surface area contributed by atoms with E-state index in [1.807, 2.05) is 44.2 Å². The summed E-state index contributed by atoms with van der Waals surface area (Å²) in [7, 11) is -2.96. The summed E-state index contributed by atoms with van der Waals surface area (Å²) in [6.07, 6.45) is 1.19. The maximum absolute atomic E-state index is 12.3. The molecule has 0 bridgehead atoms. The molecule has 3 nitrogen and oxygen atoms in total. The van der Waals surface area contributed by atoms with E-state index in [4.69, 9.17) is 9.05 Å². The molecule has 0 saturated carbocycles. The van der Waals surface area contributed by atoms with Gasteiger partial charge in [0.15, 0.2) is 0 Å². The van der Waals surface area contributed by atoms with Crippen molar-refractivity contribution < 1.29 is 13.6 Å². The molecule has 0 fully saturated rings. The van der Waals surface area contributed by atoms with Crippen molar-refractivity contribution in [3.05, 3.63) is 35.9 Å². The quantitative estimate of drug-likeness (QED) is 0.681. The second-order valence-electron chi connectivity index (χ2n) is 3.51. The van der Waals surface area contributed by atoms with Crippen molar-refractivity contribution in [2.24, 2.45) is 0 Å². The van der Waals surface area contributed by atoms with Crippen LogP contribution in [0.5, 0.6) is 0 Å². The predicted molar refractivity (Wildman–Crippen MR) is 65.6 cm³/mol. The SMILES string of the molecule is CCCOP(=O)(Cc1ccccc1)OCC. The largest absolute Gasteiger partial charge is 0.335 e. The van der Waals surface area contributed by atoms with Gasteiger partial charge in [-0.05, 0) is 18.9 Å². The highest BCUT2D eigenvalue weighted by Crippen LogP contribution is 2.51. The Balaban J connectivity index is 2.67. The van der Waals surface area contributed by atoms with Crippen LogP contribution in [0, 0.1) is 0 Å². The first-order valence-corrected chi connectivity index (χ1v) is 7.35. The lowest BCUT2D eigenvalue weighted by Gasteiger charge is -2.17. The normalized spacial score (nSPS) is 14.6. The van der Waals surface area contributed by atoms with Gasteiger partial charge < -0.3 is 9.05 Å². The molecule has 0 radical (unpaired) electrons. The second kappa shape index (κ2) is 6.85. The zero-order valence-corrected chi connectivity index (χ0v) is 10.8. The highest BCUT2D eigenvalue weighted by Gasteiger charge is 2.23. The molecule has 4 heteroatoms. The van der Waals surface area contributed by atoms with Crippen molar-refractivity contribution in [2.75, 3.05) is 13.2 Å². The number of hydrogen-bond acceptors (Lipinski definition) is 3. The minimum atomic E-state index is -2.96. The summed E-state index contributed by atoms with van der Waals surface area (Å²) in [6.45, 7) is 4.70. The molecule has 0 spiro atoms. The van der Waals surface area contributed by atoms with Crippen LogP contribution >= 0.6 is 7.60 Å². The molecular formula is C12H19O3P. The average molecular weight is 242 g/mol. The van der Waals surface area contributed by atoms with Gasteiger partial charge in [-0.2, -0.15) is 0 Å². The van der Waals surface area contributed by atoms with Gasteiger partial charge in [0, 0.05) is 0 Å². The molecular weight excluding hydrogens is 223 g/mol. The molecule has 0 aliphatic heterocycles. The molecule has 1 rings (SSSR count). The van der Waals surface area contributed by atoms with Crippen molar-refractivity contribution in [1.29, 1.82) is 0 Å². The van der Waals surface area contributed by atoms with Crippen LogP contribution < -0.4 is 0 Å². The Labute approximate surface area is 97.3 Å². The summed E-state index contributed by atoms with van der Waals surface area (Å²) in [5.74, 6) is 0. The van der Waals surface area contributed by atoms with Crippen LogP contribution in [-0.4, -0.2) is 13.2 Å². The molecule has 0 heterocycles. The van der Waals surface area contributed by atoms with Crippen LogP contribution in [0.1, 0.15) is 25.8 Å². The van der Waals surface area contributed by atoms with E-state index in [9.17, 15) is 4.57 Å². The lowest BCUT2D eigenvalue weighted by molar-refractivity contribution is 0.211. The lowest BCUT2D eigenvalue weighted by Crippen LogP contribution is -2.00. The Morgan fingerprint density at radius 3 is 2.38 bits per heavy atom. The highest BCUT2D eigenvalue weighted by molar-refractivity contribution is 7.53. The first-order chi connectivity index (χ1) is 7.70. The summed E-state index contributed by atoms with van der Waals surface area (Å²) < 4.78 is 22.9. The maximum Gasteiger partial charge on any atom is 0.335 e. The third-order valence-electron chi connectivity index (χ3n) is 2.04. The van der Waals surface area contributed by atoms with Crippen LogP contribution in [0.2, 0.25) is 0 Å². The van der Waals surface area contributed by atoms with Crippen LogP contribution in [-0.2, 0) is 19.8 Å². The Kier molecular flexibility index (Phi) is 5.75. The summed E-state index contributed by atoms with van der Waals surface area (Å²) >= 11 is 0. The predicted octanol–water partition coefficient (Wildman–Crippen LogP) is 3.84. The third kappa shape index (κ3) is 4.48. The third-order valence-corrected chi connectivity index (χ3v) is 4.02. The Morgan fingerprint density at radius 2 is 1.81 bits per heavy atom. The van der Waals surface area contributed by atoms with E-state index in [-0.39, 0.29) is 0 Å². The molecule has 0 aliphatic carbocycles. The van der Waals surface area contributed by atoms with E-state index in [1.165, 1.54) is 0 Å². The van der Waals surface area contributed by atoms with Gasteiger partial charge in [-0.1, -0.05) is 37.3 Å². The van der Waals surface area contributed by atoms with Crippen molar-refractivity contribution in [2.45, 2.75) is 26.4 Å². The first kappa shape index (κ1) is 13.4. The van der Waals surface area contributed by atoms with Crippen molar-refractivity contribution in [1.82, 2.24) is 0 Å². The smallest absolute Gasteiger partial charge is 0.309 e. The molecule has 0 N–H and O–H groups in total. The second-order valence-corrected chi connectivity index (χ2v) is 5.56. The fourth-order valence-electron chi connectivity index (χ4n) is 1.36. The molecule has 90 valence electrons. The minimum absolute atomic E-state index is 0.349. The van der Waals surface area contributed by atoms with E-state index in [2.05, 4.69) is 0 Å². The standard InChI is InChI=1S/C12H19O3P/c1-3-10-15-16(13,14-4-2)11-12-8-6-5-7-9-12/h5-9H,3-4,10-11H2,1-2H3. The molecule has 0 aromatic heterocycles. The van der Waals surface area contributed by atoms with E-state index in [0.717, 1.165) is 12.0 Å². The van der Waals surface area contributed by atoms with E-state index >= 15 is 0 Å². The van der Waals surface area contributed by atoms with Gasteiger partial charge in [0.1, 0.15) is 0 Å². The number of hydrogen-bond donors (Lipinski definition) is 0. The minimum Gasteiger partial charge on any atom is -0.309 e. The number of benzene rings is 1.